The van der Waals surface area contributed by atoms with Gasteiger partial charge in [0.1, 0.15) is 0 Å². The van der Waals surface area contributed by atoms with Crippen LogP contribution in [0, 0.1) is 10.1 Å². The third-order valence-corrected chi connectivity index (χ3v) is 3.85. The lowest BCUT2D eigenvalue weighted by Gasteiger charge is -2.17. The summed E-state index contributed by atoms with van der Waals surface area (Å²) in [4.78, 5) is 28.2. The van der Waals surface area contributed by atoms with Gasteiger partial charge in [-0.25, -0.2) is 4.98 Å². The molecule has 114 valence electrons. The minimum absolute atomic E-state index is 0.00721. The van der Waals surface area contributed by atoms with Crippen LogP contribution in [0.4, 0.5) is 11.4 Å². The van der Waals surface area contributed by atoms with Gasteiger partial charge in [-0.15, -0.1) is 11.8 Å². The fourth-order valence-electron chi connectivity index (χ4n) is 1.85. The van der Waals surface area contributed by atoms with Crippen molar-refractivity contribution >= 4 is 29.0 Å². The number of hydrogen-bond acceptors (Lipinski definition) is 5. The molecule has 0 atom stereocenters. The summed E-state index contributed by atoms with van der Waals surface area (Å²) in [7, 11) is 1.62. The molecule has 0 saturated heterocycles. The minimum Gasteiger partial charge on any atom is -0.311 e. The van der Waals surface area contributed by atoms with Crippen LogP contribution in [0.1, 0.15) is 17.3 Å². The molecular formula is C15H15N3O3S. The fourth-order valence-corrected chi connectivity index (χ4v) is 2.44. The van der Waals surface area contributed by atoms with E-state index in [1.165, 1.54) is 17.0 Å². The first-order valence-corrected chi connectivity index (χ1v) is 7.63. The molecule has 2 rings (SSSR count). The lowest BCUT2D eigenvalue weighted by molar-refractivity contribution is -0.384. The van der Waals surface area contributed by atoms with Crippen molar-refractivity contribution in [2.45, 2.75) is 11.9 Å². The minimum atomic E-state index is -0.473. The van der Waals surface area contributed by atoms with E-state index in [2.05, 4.69) is 4.98 Å². The smallest absolute Gasteiger partial charge is 0.269 e. The molecule has 0 spiro atoms. The number of pyridine rings is 1. The number of nitro groups is 1. The Balaban J connectivity index is 2.15. The van der Waals surface area contributed by atoms with Crippen molar-refractivity contribution in [2.75, 3.05) is 17.7 Å². The van der Waals surface area contributed by atoms with Crippen LogP contribution >= 0.6 is 11.8 Å². The molecule has 0 aliphatic rings. The van der Waals surface area contributed by atoms with Crippen molar-refractivity contribution in [3.05, 3.63) is 58.3 Å². The number of benzene rings is 1. The molecule has 0 fully saturated rings. The number of nitro benzene ring substituents is 1. The van der Waals surface area contributed by atoms with Gasteiger partial charge in [-0.05, 0) is 30.0 Å². The molecule has 0 aliphatic heterocycles. The van der Waals surface area contributed by atoms with E-state index in [0.29, 0.717) is 11.3 Å². The van der Waals surface area contributed by atoms with Crippen LogP contribution in [-0.2, 0) is 0 Å². The SMILES string of the molecule is CCSc1ccc(C(=O)N(C)c2ccc([N+](=O)[O-])cc2)cn1. The molecule has 7 heteroatoms. The Bertz CT molecular complexity index is 671. The van der Waals surface area contributed by atoms with Gasteiger partial charge in [0.05, 0.1) is 15.5 Å². The van der Waals surface area contributed by atoms with E-state index in [1.807, 2.05) is 13.0 Å². The standard InChI is InChI=1S/C15H15N3O3S/c1-3-22-14-9-4-11(10-16-14)15(19)17(2)12-5-7-13(8-6-12)18(20)21/h4-10H,3H2,1-2H3. The number of rotatable bonds is 5. The van der Waals surface area contributed by atoms with Gasteiger partial charge in [-0.2, -0.15) is 0 Å². The zero-order chi connectivity index (χ0) is 16.1. The Morgan fingerprint density at radius 2 is 1.95 bits per heavy atom. The highest BCUT2D eigenvalue weighted by atomic mass is 32.2. The maximum absolute atomic E-state index is 12.4. The van der Waals surface area contributed by atoms with E-state index < -0.39 is 4.92 Å². The van der Waals surface area contributed by atoms with Crippen molar-refractivity contribution in [2.24, 2.45) is 0 Å². The second-order valence-corrected chi connectivity index (χ2v) is 5.74. The molecule has 0 aliphatic carbocycles. The quantitative estimate of drug-likeness (QED) is 0.480. The van der Waals surface area contributed by atoms with E-state index in [-0.39, 0.29) is 11.6 Å². The molecule has 0 radical (unpaired) electrons. The summed E-state index contributed by atoms with van der Waals surface area (Å²) >= 11 is 1.60. The third kappa shape index (κ3) is 3.62. The van der Waals surface area contributed by atoms with E-state index in [1.54, 1.807) is 43.2 Å². The second kappa shape index (κ2) is 7.04. The maximum Gasteiger partial charge on any atom is 0.269 e. The van der Waals surface area contributed by atoms with Gasteiger partial charge in [0.2, 0.25) is 0 Å². The molecule has 0 N–H and O–H groups in total. The number of aromatic nitrogens is 1. The van der Waals surface area contributed by atoms with Crippen molar-refractivity contribution in [3.63, 3.8) is 0 Å². The highest BCUT2D eigenvalue weighted by Crippen LogP contribution is 2.20. The van der Waals surface area contributed by atoms with Crippen LogP contribution in [0.3, 0.4) is 0 Å². The summed E-state index contributed by atoms with van der Waals surface area (Å²) < 4.78 is 0. The number of non-ortho nitro benzene ring substituents is 1. The van der Waals surface area contributed by atoms with Crippen molar-refractivity contribution in [3.8, 4) is 0 Å². The van der Waals surface area contributed by atoms with E-state index >= 15 is 0 Å². The molecular weight excluding hydrogens is 302 g/mol. The zero-order valence-electron chi connectivity index (χ0n) is 12.2. The van der Waals surface area contributed by atoms with Gasteiger partial charge in [0.15, 0.2) is 0 Å². The lowest BCUT2D eigenvalue weighted by Crippen LogP contribution is -2.26. The monoisotopic (exact) mass is 317 g/mol. The zero-order valence-corrected chi connectivity index (χ0v) is 13.0. The Morgan fingerprint density at radius 1 is 1.27 bits per heavy atom. The number of hydrogen-bond donors (Lipinski definition) is 0. The van der Waals surface area contributed by atoms with Crippen molar-refractivity contribution in [1.82, 2.24) is 4.98 Å². The van der Waals surface area contributed by atoms with Gasteiger partial charge in [0, 0.05) is 31.1 Å². The summed E-state index contributed by atoms with van der Waals surface area (Å²) in [5, 5.41) is 11.5. The van der Waals surface area contributed by atoms with Crippen LogP contribution < -0.4 is 4.90 Å². The fraction of sp³-hybridized carbons (Fsp3) is 0.200. The van der Waals surface area contributed by atoms with Crippen LogP contribution in [0.2, 0.25) is 0 Å². The van der Waals surface area contributed by atoms with E-state index in [4.69, 9.17) is 0 Å². The van der Waals surface area contributed by atoms with Crippen molar-refractivity contribution < 1.29 is 9.72 Å². The number of carbonyl (C=O) groups is 1. The molecule has 0 saturated carbocycles. The average molecular weight is 317 g/mol. The van der Waals surface area contributed by atoms with Gasteiger partial charge in [0.25, 0.3) is 11.6 Å². The van der Waals surface area contributed by atoms with Crippen molar-refractivity contribution in [1.29, 1.82) is 0 Å². The molecule has 1 amide bonds. The Morgan fingerprint density at radius 3 is 2.45 bits per heavy atom. The topological polar surface area (TPSA) is 76.3 Å². The van der Waals surface area contributed by atoms with Crippen LogP contribution in [0.15, 0.2) is 47.6 Å². The van der Waals surface area contributed by atoms with Crippen LogP contribution in [0.5, 0.6) is 0 Å². The Labute approximate surface area is 132 Å². The predicted octanol–water partition coefficient (Wildman–Crippen LogP) is 3.38. The summed E-state index contributed by atoms with van der Waals surface area (Å²) in [6.07, 6.45) is 1.54. The summed E-state index contributed by atoms with van der Waals surface area (Å²) in [5.74, 6) is 0.706. The highest BCUT2D eigenvalue weighted by molar-refractivity contribution is 7.99. The lowest BCUT2D eigenvalue weighted by atomic mass is 10.2. The molecule has 1 aromatic carbocycles. The maximum atomic E-state index is 12.4. The van der Waals surface area contributed by atoms with Crippen LogP contribution in [-0.4, -0.2) is 28.6 Å². The number of carbonyl (C=O) groups excluding carboxylic acids is 1. The predicted molar refractivity (Wildman–Crippen MR) is 86.5 cm³/mol. The first-order chi connectivity index (χ1) is 10.5. The highest BCUT2D eigenvalue weighted by Gasteiger charge is 2.15. The molecule has 0 bridgehead atoms. The van der Waals surface area contributed by atoms with Gasteiger partial charge < -0.3 is 4.90 Å². The average Bonchev–Trinajstić information content (AvgIpc) is 2.54. The molecule has 1 aromatic heterocycles. The number of nitrogens with zero attached hydrogens (tertiary/aromatic N) is 3. The Kier molecular flexibility index (Phi) is 5.11. The van der Waals surface area contributed by atoms with Gasteiger partial charge >= 0.3 is 0 Å². The first-order valence-electron chi connectivity index (χ1n) is 6.64. The summed E-state index contributed by atoms with van der Waals surface area (Å²) in [6.45, 7) is 2.04. The molecule has 22 heavy (non-hydrogen) atoms. The van der Waals surface area contributed by atoms with Gasteiger partial charge in [-0.3, -0.25) is 14.9 Å². The normalized spacial score (nSPS) is 10.3. The first kappa shape index (κ1) is 16.0. The Hall–Kier alpha value is -2.41. The second-order valence-electron chi connectivity index (χ2n) is 4.46. The van der Waals surface area contributed by atoms with Gasteiger partial charge in [-0.1, -0.05) is 6.92 Å². The summed E-state index contributed by atoms with van der Waals surface area (Å²) in [6, 6.07) is 9.38. The van der Waals surface area contributed by atoms with Crippen LogP contribution in [0.25, 0.3) is 0 Å². The van der Waals surface area contributed by atoms with E-state index in [9.17, 15) is 14.9 Å². The molecule has 0 unspecified atom stereocenters. The number of amides is 1. The largest absolute Gasteiger partial charge is 0.311 e. The number of anilines is 1. The third-order valence-electron chi connectivity index (χ3n) is 3.03. The molecule has 2 aromatic rings. The molecule has 1 heterocycles. The summed E-state index contributed by atoms with van der Waals surface area (Å²) in [5.41, 5.74) is 1.05. The van der Waals surface area contributed by atoms with E-state index in [0.717, 1.165) is 10.8 Å². The number of thioether (sulfide) groups is 1. The molecule has 6 nitrogen and oxygen atoms in total.